The van der Waals surface area contributed by atoms with Gasteiger partial charge in [-0.15, -0.1) is 0 Å². The van der Waals surface area contributed by atoms with Crippen LogP contribution in [0.4, 0.5) is 11.4 Å². The first-order chi connectivity index (χ1) is 13.1. The van der Waals surface area contributed by atoms with E-state index in [-0.39, 0.29) is 36.6 Å². The van der Waals surface area contributed by atoms with E-state index in [1.807, 2.05) is 30.3 Å². The van der Waals surface area contributed by atoms with Crippen molar-refractivity contribution in [2.45, 2.75) is 25.7 Å². The molecule has 27 heavy (non-hydrogen) atoms. The van der Waals surface area contributed by atoms with Gasteiger partial charge in [-0.05, 0) is 42.7 Å². The van der Waals surface area contributed by atoms with Crippen molar-refractivity contribution >= 4 is 29.1 Å². The summed E-state index contributed by atoms with van der Waals surface area (Å²) in [6.45, 7) is 0.285. The minimum absolute atomic E-state index is 0.0537. The zero-order chi connectivity index (χ0) is 19.1. The van der Waals surface area contributed by atoms with Crippen molar-refractivity contribution in [1.82, 2.24) is 5.32 Å². The monoisotopic (exact) mass is 365 g/mol. The second kappa shape index (κ2) is 8.98. The summed E-state index contributed by atoms with van der Waals surface area (Å²) in [5.41, 5.74) is 2.31. The Balaban J connectivity index is 1.36. The topological polar surface area (TPSA) is 87.3 Å². The van der Waals surface area contributed by atoms with Gasteiger partial charge in [-0.25, -0.2) is 0 Å². The second-order valence-corrected chi connectivity index (χ2v) is 6.65. The molecule has 0 saturated heterocycles. The molecule has 1 aliphatic rings. The van der Waals surface area contributed by atoms with Crippen LogP contribution in [0.1, 0.15) is 24.8 Å². The Morgan fingerprint density at radius 3 is 2.07 bits per heavy atom. The van der Waals surface area contributed by atoms with Gasteiger partial charge in [0.1, 0.15) is 0 Å². The number of amides is 3. The van der Waals surface area contributed by atoms with E-state index in [0.29, 0.717) is 12.1 Å². The van der Waals surface area contributed by atoms with Gasteiger partial charge in [0.25, 0.3) is 0 Å². The fourth-order valence-corrected chi connectivity index (χ4v) is 2.61. The number of carbonyl (C=O) groups excluding carboxylic acids is 3. The molecule has 0 atom stereocenters. The van der Waals surface area contributed by atoms with Gasteiger partial charge in [0, 0.05) is 30.3 Å². The molecule has 1 aliphatic carbocycles. The Kier molecular flexibility index (Phi) is 6.20. The van der Waals surface area contributed by atoms with Crippen LogP contribution in [0.3, 0.4) is 0 Å². The first-order valence-corrected chi connectivity index (χ1v) is 9.11. The summed E-state index contributed by atoms with van der Waals surface area (Å²) in [6.07, 6.45) is 2.42. The lowest BCUT2D eigenvalue weighted by Crippen LogP contribution is -2.28. The summed E-state index contributed by atoms with van der Waals surface area (Å²) in [7, 11) is 0. The number of benzene rings is 2. The summed E-state index contributed by atoms with van der Waals surface area (Å²) in [4.78, 5) is 35.5. The highest BCUT2D eigenvalue weighted by Gasteiger charge is 2.29. The molecular weight excluding hydrogens is 342 g/mol. The number of nitrogens with one attached hydrogen (secondary N) is 3. The summed E-state index contributed by atoms with van der Waals surface area (Å²) in [6, 6.07) is 16.5. The molecule has 2 aromatic rings. The largest absolute Gasteiger partial charge is 0.355 e. The van der Waals surface area contributed by atoms with Crippen LogP contribution in [0.15, 0.2) is 54.6 Å². The smallest absolute Gasteiger partial charge is 0.227 e. The highest BCUT2D eigenvalue weighted by Crippen LogP contribution is 2.30. The van der Waals surface area contributed by atoms with Gasteiger partial charge >= 0.3 is 0 Å². The van der Waals surface area contributed by atoms with E-state index in [0.717, 1.165) is 24.1 Å². The molecule has 0 heterocycles. The molecule has 6 heteroatoms. The van der Waals surface area contributed by atoms with Gasteiger partial charge in [-0.3, -0.25) is 14.4 Å². The molecule has 1 saturated carbocycles. The Bertz CT molecular complexity index is 799. The molecule has 3 rings (SSSR count). The lowest BCUT2D eigenvalue weighted by Gasteiger charge is -2.08. The average Bonchev–Trinajstić information content (AvgIpc) is 3.49. The van der Waals surface area contributed by atoms with Gasteiger partial charge < -0.3 is 16.0 Å². The van der Waals surface area contributed by atoms with Crippen molar-refractivity contribution in [3.63, 3.8) is 0 Å². The normalized spacial score (nSPS) is 12.9. The Hall–Kier alpha value is -3.15. The molecule has 3 N–H and O–H groups in total. The average molecular weight is 365 g/mol. The first-order valence-electron chi connectivity index (χ1n) is 9.11. The van der Waals surface area contributed by atoms with Crippen LogP contribution in [0.5, 0.6) is 0 Å². The molecule has 0 unspecified atom stereocenters. The fraction of sp³-hybridized carbons (Fsp3) is 0.286. The lowest BCUT2D eigenvalue weighted by molar-refractivity contribution is -0.121. The Labute approximate surface area is 158 Å². The minimum atomic E-state index is -0.176. The van der Waals surface area contributed by atoms with Crippen molar-refractivity contribution < 1.29 is 14.4 Å². The number of hydrogen-bond acceptors (Lipinski definition) is 3. The van der Waals surface area contributed by atoms with Crippen LogP contribution in [-0.4, -0.2) is 24.3 Å². The first kappa shape index (κ1) is 18.6. The zero-order valence-corrected chi connectivity index (χ0v) is 15.0. The van der Waals surface area contributed by atoms with E-state index in [1.165, 1.54) is 0 Å². The maximum Gasteiger partial charge on any atom is 0.227 e. The van der Waals surface area contributed by atoms with Crippen molar-refractivity contribution in [2.24, 2.45) is 5.92 Å². The minimum Gasteiger partial charge on any atom is -0.355 e. The molecule has 1 fully saturated rings. The van der Waals surface area contributed by atoms with Crippen LogP contribution in [0, 0.1) is 5.92 Å². The Morgan fingerprint density at radius 1 is 0.815 bits per heavy atom. The van der Waals surface area contributed by atoms with Crippen LogP contribution < -0.4 is 16.0 Å². The van der Waals surface area contributed by atoms with E-state index in [9.17, 15) is 14.4 Å². The second-order valence-electron chi connectivity index (χ2n) is 6.65. The summed E-state index contributed by atoms with van der Waals surface area (Å²) in [5, 5.41) is 8.38. The van der Waals surface area contributed by atoms with Gasteiger partial charge in [0.15, 0.2) is 0 Å². The summed E-state index contributed by atoms with van der Waals surface area (Å²) >= 11 is 0. The van der Waals surface area contributed by atoms with Gasteiger partial charge in [-0.1, -0.05) is 30.3 Å². The number of rotatable bonds is 8. The van der Waals surface area contributed by atoms with E-state index >= 15 is 0 Å². The van der Waals surface area contributed by atoms with E-state index < -0.39 is 0 Å². The maximum absolute atomic E-state index is 12.0. The third-order valence-electron chi connectivity index (χ3n) is 4.27. The maximum atomic E-state index is 12.0. The SMILES string of the molecule is O=C(Cc1ccccc1)NCCC(=O)Nc1ccc(NC(=O)C2CC2)cc1. The molecule has 140 valence electrons. The van der Waals surface area contributed by atoms with E-state index in [4.69, 9.17) is 0 Å². The van der Waals surface area contributed by atoms with Crippen LogP contribution >= 0.6 is 0 Å². The van der Waals surface area contributed by atoms with Crippen LogP contribution in [0.2, 0.25) is 0 Å². The zero-order valence-electron chi connectivity index (χ0n) is 15.0. The number of anilines is 2. The van der Waals surface area contributed by atoms with Crippen molar-refractivity contribution in [3.05, 3.63) is 60.2 Å². The quantitative estimate of drug-likeness (QED) is 0.672. The third kappa shape index (κ3) is 6.26. The molecule has 0 aliphatic heterocycles. The Morgan fingerprint density at radius 2 is 1.44 bits per heavy atom. The van der Waals surface area contributed by atoms with E-state index in [1.54, 1.807) is 24.3 Å². The highest BCUT2D eigenvalue weighted by atomic mass is 16.2. The van der Waals surface area contributed by atoms with Crippen molar-refractivity contribution in [2.75, 3.05) is 17.2 Å². The fourth-order valence-electron chi connectivity index (χ4n) is 2.61. The highest BCUT2D eigenvalue weighted by molar-refractivity contribution is 5.95. The molecule has 0 spiro atoms. The molecule has 3 amide bonds. The molecule has 0 bridgehead atoms. The standard InChI is InChI=1S/C21H23N3O3/c25-19(12-13-22-20(26)14-15-4-2-1-3-5-15)23-17-8-10-18(11-9-17)24-21(27)16-6-7-16/h1-5,8-11,16H,6-7,12-14H2,(H,22,26)(H,23,25)(H,24,27). The number of carbonyl (C=O) groups is 3. The third-order valence-corrected chi connectivity index (χ3v) is 4.27. The molecule has 0 aromatic heterocycles. The van der Waals surface area contributed by atoms with E-state index in [2.05, 4.69) is 16.0 Å². The van der Waals surface area contributed by atoms with Crippen LogP contribution in [0.25, 0.3) is 0 Å². The predicted octanol–water partition coefficient (Wildman–Crippen LogP) is 2.72. The summed E-state index contributed by atoms with van der Waals surface area (Å²) < 4.78 is 0. The summed E-state index contributed by atoms with van der Waals surface area (Å²) in [5.74, 6) is -0.0750. The van der Waals surface area contributed by atoms with Crippen molar-refractivity contribution in [1.29, 1.82) is 0 Å². The molecule has 0 radical (unpaired) electrons. The molecule has 6 nitrogen and oxygen atoms in total. The lowest BCUT2D eigenvalue weighted by atomic mass is 10.1. The predicted molar refractivity (Wildman–Crippen MR) is 104 cm³/mol. The number of hydrogen-bond donors (Lipinski definition) is 3. The van der Waals surface area contributed by atoms with Crippen molar-refractivity contribution in [3.8, 4) is 0 Å². The van der Waals surface area contributed by atoms with Crippen LogP contribution in [-0.2, 0) is 20.8 Å². The van der Waals surface area contributed by atoms with Gasteiger partial charge in [0.05, 0.1) is 6.42 Å². The molecule has 2 aromatic carbocycles. The van der Waals surface area contributed by atoms with Gasteiger partial charge in [-0.2, -0.15) is 0 Å². The molecular formula is C21H23N3O3. The van der Waals surface area contributed by atoms with Gasteiger partial charge in [0.2, 0.25) is 17.7 Å².